The van der Waals surface area contributed by atoms with Gasteiger partial charge in [0.1, 0.15) is 5.75 Å². The molecule has 0 unspecified atom stereocenters. The van der Waals surface area contributed by atoms with Crippen LogP contribution in [0.4, 0.5) is 0 Å². The van der Waals surface area contributed by atoms with Crippen molar-refractivity contribution in [2.24, 2.45) is 0 Å². The van der Waals surface area contributed by atoms with E-state index in [0.29, 0.717) is 10.8 Å². The molecule has 2 nitrogen and oxygen atoms in total. The van der Waals surface area contributed by atoms with Crippen molar-refractivity contribution < 1.29 is 9.53 Å². The molecule has 0 aliphatic carbocycles. The van der Waals surface area contributed by atoms with Crippen LogP contribution >= 0.6 is 11.6 Å². The van der Waals surface area contributed by atoms with E-state index >= 15 is 0 Å². The lowest BCUT2D eigenvalue weighted by Gasteiger charge is -2.13. The molecule has 1 aromatic carbocycles. The van der Waals surface area contributed by atoms with Crippen molar-refractivity contribution in [2.75, 3.05) is 0 Å². The summed E-state index contributed by atoms with van der Waals surface area (Å²) in [6.07, 6.45) is -0.408. The molecule has 1 aromatic rings. The topological polar surface area (TPSA) is 26.3 Å². The number of halogens is 1. The van der Waals surface area contributed by atoms with Crippen molar-refractivity contribution in [3.05, 3.63) is 28.8 Å². The summed E-state index contributed by atoms with van der Waals surface area (Å²) in [5, 5.41) is 0.672. The van der Waals surface area contributed by atoms with Gasteiger partial charge in [0.05, 0.1) is 0 Å². The smallest absolute Gasteiger partial charge is 0.169 e. The zero-order chi connectivity index (χ0) is 10.7. The summed E-state index contributed by atoms with van der Waals surface area (Å²) in [5.74, 6) is 0.719. The molecule has 0 heterocycles. The highest BCUT2D eigenvalue weighted by Crippen LogP contribution is 2.22. The van der Waals surface area contributed by atoms with E-state index in [4.69, 9.17) is 16.3 Å². The van der Waals surface area contributed by atoms with E-state index in [1.54, 1.807) is 19.1 Å². The predicted octanol–water partition coefficient (Wildman–Crippen LogP) is 3.00. The van der Waals surface area contributed by atoms with Crippen LogP contribution in [0.3, 0.4) is 0 Å². The van der Waals surface area contributed by atoms with Crippen molar-refractivity contribution in [1.82, 2.24) is 0 Å². The van der Waals surface area contributed by atoms with Gasteiger partial charge in [-0.3, -0.25) is 4.79 Å². The van der Waals surface area contributed by atoms with Crippen molar-refractivity contribution in [2.45, 2.75) is 26.9 Å². The van der Waals surface area contributed by atoms with Crippen LogP contribution in [0.5, 0.6) is 5.75 Å². The molecular weight excluding hydrogens is 200 g/mol. The fourth-order valence-electron chi connectivity index (χ4n) is 1.02. The molecule has 0 aliphatic rings. The molecule has 1 rings (SSSR count). The van der Waals surface area contributed by atoms with Gasteiger partial charge in [0, 0.05) is 5.02 Å². The third kappa shape index (κ3) is 2.74. The molecule has 0 N–H and O–H groups in total. The number of hydrogen-bond donors (Lipinski definition) is 0. The first kappa shape index (κ1) is 11.1. The maximum atomic E-state index is 11.0. The number of aryl methyl sites for hydroxylation is 1. The maximum absolute atomic E-state index is 11.0. The normalized spacial score (nSPS) is 12.3. The minimum absolute atomic E-state index is 0.0133. The molecule has 0 spiro atoms. The average molecular weight is 213 g/mol. The SMILES string of the molecule is CC(=O)[C@@H](C)Oc1ccc(Cl)cc1C. The predicted molar refractivity (Wildman–Crippen MR) is 57.0 cm³/mol. The number of ketones is 1. The maximum Gasteiger partial charge on any atom is 0.169 e. The first-order chi connectivity index (χ1) is 6.50. The number of carbonyl (C=O) groups excluding carboxylic acids is 1. The standard InChI is InChI=1S/C11H13ClO2/c1-7-6-10(12)4-5-11(7)14-9(3)8(2)13/h4-6,9H,1-3H3/t9-/m1/s1. The van der Waals surface area contributed by atoms with Gasteiger partial charge >= 0.3 is 0 Å². The Morgan fingerprint density at radius 1 is 1.50 bits per heavy atom. The summed E-state index contributed by atoms with van der Waals surface area (Å²) in [6.45, 7) is 5.14. The van der Waals surface area contributed by atoms with E-state index in [1.165, 1.54) is 6.92 Å². The Balaban J connectivity index is 2.82. The van der Waals surface area contributed by atoms with E-state index in [2.05, 4.69) is 0 Å². The highest BCUT2D eigenvalue weighted by atomic mass is 35.5. The molecule has 1 atom stereocenters. The Morgan fingerprint density at radius 2 is 2.14 bits per heavy atom. The summed E-state index contributed by atoms with van der Waals surface area (Å²) >= 11 is 5.79. The number of rotatable bonds is 3. The first-order valence-corrected chi connectivity index (χ1v) is 4.81. The van der Waals surface area contributed by atoms with E-state index in [-0.39, 0.29) is 5.78 Å². The fourth-order valence-corrected chi connectivity index (χ4v) is 1.25. The molecule has 0 aliphatic heterocycles. The van der Waals surface area contributed by atoms with Crippen LogP contribution in [0.25, 0.3) is 0 Å². The molecule has 0 aromatic heterocycles. The van der Waals surface area contributed by atoms with Gasteiger partial charge in [-0.05, 0) is 44.5 Å². The zero-order valence-electron chi connectivity index (χ0n) is 8.50. The Morgan fingerprint density at radius 3 is 2.64 bits per heavy atom. The summed E-state index contributed by atoms with van der Waals surface area (Å²) in [7, 11) is 0. The van der Waals surface area contributed by atoms with Gasteiger partial charge < -0.3 is 4.74 Å². The summed E-state index contributed by atoms with van der Waals surface area (Å²) in [5.41, 5.74) is 0.936. The molecule has 0 saturated heterocycles. The molecule has 0 radical (unpaired) electrons. The Kier molecular flexibility index (Phi) is 3.53. The lowest BCUT2D eigenvalue weighted by atomic mass is 10.2. The molecule has 76 valence electrons. The second-order valence-electron chi connectivity index (χ2n) is 3.28. The fraction of sp³-hybridized carbons (Fsp3) is 0.364. The third-order valence-corrected chi connectivity index (χ3v) is 2.25. The minimum Gasteiger partial charge on any atom is -0.483 e. The molecule has 0 bridgehead atoms. The minimum atomic E-state index is -0.408. The Labute approximate surface area is 88.8 Å². The molecule has 14 heavy (non-hydrogen) atoms. The molecule has 0 fully saturated rings. The first-order valence-electron chi connectivity index (χ1n) is 4.44. The number of benzene rings is 1. The third-order valence-electron chi connectivity index (χ3n) is 2.01. The van der Waals surface area contributed by atoms with Crippen molar-refractivity contribution in [3.63, 3.8) is 0 Å². The van der Waals surface area contributed by atoms with E-state index in [9.17, 15) is 4.79 Å². The number of hydrogen-bond acceptors (Lipinski definition) is 2. The van der Waals surface area contributed by atoms with Gasteiger partial charge in [-0.2, -0.15) is 0 Å². The van der Waals surface area contributed by atoms with Gasteiger partial charge in [0.15, 0.2) is 11.9 Å². The van der Waals surface area contributed by atoms with Crippen LogP contribution in [-0.4, -0.2) is 11.9 Å². The largest absolute Gasteiger partial charge is 0.483 e. The van der Waals surface area contributed by atoms with Crippen LogP contribution in [-0.2, 0) is 4.79 Å². The highest BCUT2D eigenvalue weighted by Gasteiger charge is 2.10. The number of carbonyl (C=O) groups is 1. The number of Topliss-reactive ketones (excluding diaryl/α,β-unsaturated/α-hetero) is 1. The van der Waals surface area contributed by atoms with Gasteiger partial charge in [-0.1, -0.05) is 11.6 Å². The monoisotopic (exact) mass is 212 g/mol. The van der Waals surface area contributed by atoms with E-state index < -0.39 is 6.10 Å². The van der Waals surface area contributed by atoms with Crippen molar-refractivity contribution in [3.8, 4) is 5.75 Å². The van der Waals surface area contributed by atoms with Gasteiger partial charge in [0.25, 0.3) is 0 Å². The van der Waals surface area contributed by atoms with Crippen LogP contribution in [0.15, 0.2) is 18.2 Å². The Bertz CT molecular complexity index is 347. The molecular formula is C11H13ClO2. The van der Waals surface area contributed by atoms with Crippen LogP contribution in [0, 0.1) is 6.92 Å². The van der Waals surface area contributed by atoms with Gasteiger partial charge in [-0.15, -0.1) is 0 Å². The van der Waals surface area contributed by atoms with Crippen molar-refractivity contribution >= 4 is 17.4 Å². The highest BCUT2D eigenvalue weighted by molar-refractivity contribution is 6.30. The summed E-state index contributed by atoms with van der Waals surface area (Å²) in [6, 6.07) is 5.33. The van der Waals surface area contributed by atoms with Gasteiger partial charge in [-0.25, -0.2) is 0 Å². The Hall–Kier alpha value is -1.02. The average Bonchev–Trinajstić information content (AvgIpc) is 2.09. The van der Waals surface area contributed by atoms with Gasteiger partial charge in [0.2, 0.25) is 0 Å². The summed E-state index contributed by atoms with van der Waals surface area (Å²) < 4.78 is 5.45. The van der Waals surface area contributed by atoms with Crippen LogP contribution in [0.1, 0.15) is 19.4 Å². The lowest BCUT2D eigenvalue weighted by Crippen LogP contribution is -2.20. The summed E-state index contributed by atoms with van der Waals surface area (Å²) in [4.78, 5) is 11.0. The zero-order valence-corrected chi connectivity index (χ0v) is 9.26. The quantitative estimate of drug-likeness (QED) is 0.770. The molecule has 3 heteroatoms. The van der Waals surface area contributed by atoms with E-state index in [0.717, 1.165) is 5.56 Å². The lowest BCUT2D eigenvalue weighted by molar-refractivity contribution is -0.122. The molecule has 0 saturated carbocycles. The second kappa shape index (κ2) is 4.47. The molecule has 0 amide bonds. The van der Waals surface area contributed by atoms with E-state index in [1.807, 2.05) is 13.0 Å². The van der Waals surface area contributed by atoms with Crippen LogP contribution < -0.4 is 4.74 Å². The second-order valence-corrected chi connectivity index (χ2v) is 3.72. The van der Waals surface area contributed by atoms with Crippen LogP contribution in [0.2, 0.25) is 5.02 Å². The van der Waals surface area contributed by atoms with Crippen molar-refractivity contribution in [1.29, 1.82) is 0 Å². The number of ether oxygens (including phenoxy) is 1.